The van der Waals surface area contributed by atoms with E-state index < -0.39 is 11.5 Å². The van der Waals surface area contributed by atoms with Crippen molar-refractivity contribution in [2.24, 2.45) is 5.92 Å². The van der Waals surface area contributed by atoms with Crippen molar-refractivity contribution >= 4 is 29.3 Å². The normalized spacial score (nSPS) is 27.8. The minimum Gasteiger partial charge on any atom is -0.481 e. The SMILES string of the molecule is CC12c3[nH]c4ccccc4c3CCN1CCCC2C(=O)O.Cl. The van der Waals surface area contributed by atoms with E-state index in [1.807, 2.05) is 6.07 Å². The molecule has 1 saturated heterocycles. The van der Waals surface area contributed by atoms with Gasteiger partial charge in [0.25, 0.3) is 0 Å². The molecule has 2 atom stereocenters. The molecule has 118 valence electrons. The van der Waals surface area contributed by atoms with Crippen LogP contribution in [-0.4, -0.2) is 34.0 Å². The molecule has 4 nitrogen and oxygen atoms in total. The number of aliphatic carboxylic acids is 1. The largest absolute Gasteiger partial charge is 0.481 e. The van der Waals surface area contributed by atoms with E-state index in [-0.39, 0.29) is 18.3 Å². The fourth-order valence-corrected chi connectivity index (χ4v) is 4.40. The van der Waals surface area contributed by atoms with Crippen LogP contribution in [0, 0.1) is 5.92 Å². The Bertz CT molecular complexity index is 727. The summed E-state index contributed by atoms with van der Waals surface area (Å²) in [6.07, 6.45) is 2.74. The number of aromatic nitrogens is 1. The Morgan fingerprint density at radius 3 is 2.91 bits per heavy atom. The topological polar surface area (TPSA) is 56.3 Å². The molecule has 0 bridgehead atoms. The number of halogens is 1. The molecular formula is C17H21ClN2O2. The average molecular weight is 321 g/mol. The van der Waals surface area contributed by atoms with E-state index in [2.05, 4.69) is 35.0 Å². The monoisotopic (exact) mass is 320 g/mol. The number of para-hydroxylation sites is 1. The van der Waals surface area contributed by atoms with Gasteiger partial charge in [-0.15, -0.1) is 12.4 Å². The van der Waals surface area contributed by atoms with Crippen LogP contribution in [-0.2, 0) is 16.8 Å². The Morgan fingerprint density at radius 2 is 2.14 bits per heavy atom. The molecule has 2 N–H and O–H groups in total. The second-order valence-corrected chi connectivity index (χ2v) is 6.44. The van der Waals surface area contributed by atoms with Gasteiger partial charge in [0, 0.05) is 23.1 Å². The summed E-state index contributed by atoms with van der Waals surface area (Å²) in [5.41, 5.74) is 3.16. The predicted octanol–water partition coefficient (Wildman–Crippen LogP) is 3.16. The molecule has 0 aliphatic carbocycles. The Kier molecular flexibility index (Phi) is 3.69. The molecule has 0 radical (unpaired) electrons. The molecule has 2 aliphatic rings. The van der Waals surface area contributed by atoms with Crippen LogP contribution < -0.4 is 0 Å². The minimum absolute atomic E-state index is 0. The first kappa shape index (κ1) is 15.4. The molecule has 0 amide bonds. The van der Waals surface area contributed by atoms with Crippen LogP contribution in [0.1, 0.15) is 31.0 Å². The molecule has 3 heterocycles. The van der Waals surface area contributed by atoms with Crippen molar-refractivity contribution in [2.75, 3.05) is 13.1 Å². The van der Waals surface area contributed by atoms with Crippen LogP contribution in [0.4, 0.5) is 0 Å². The number of carboxylic acid groups (broad SMARTS) is 1. The lowest BCUT2D eigenvalue weighted by atomic mass is 9.72. The number of hydrogen-bond acceptors (Lipinski definition) is 2. The molecule has 2 unspecified atom stereocenters. The van der Waals surface area contributed by atoms with E-state index in [4.69, 9.17) is 0 Å². The van der Waals surface area contributed by atoms with Gasteiger partial charge in [-0.2, -0.15) is 0 Å². The van der Waals surface area contributed by atoms with Gasteiger partial charge in [-0.25, -0.2) is 0 Å². The van der Waals surface area contributed by atoms with Gasteiger partial charge < -0.3 is 10.1 Å². The summed E-state index contributed by atoms with van der Waals surface area (Å²) in [7, 11) is 0. The van der Waals surface area contributed by atoms with E-state index in [9.17, 15) is 9.90 Å². The number of hydrogen-bond donors (Lipinski definition) is 2. The number of nitrogens with zero attached hydrogens (tertiary/aromatic N) is 1. The fraction of sp³-hybridized carbons (Fsp3) is 0.471. The number of carboxylic acids is 1. The van der Waals surface area contributed by atoms with Crippen molar-refractivity contribution in [3.05, 3.63) is 35.5 Å². The van der Waals surface area contributed by atoms with Crippen molar-refractivity contribution in [2.45, 2.75) is 31.7 Å². The number of piperidine rings is 1. The second kappa shape index (κ2) is 5.28. The minimum atomic E-state index is -0.672. The standard InChI is InChI=1S/C17H20N2O2.ClH/c1-17-13(16(20)21)6-4-9-19(17)10-8-12-11-5-2-3-7-14(11)18-15(12)17;/h2-3,5,7,13,18H,4,6,8-10H2,1H3,(H,20,21);1H. The van der Waals surface area contributed by atoms with Crippen LogP contribution >= 0.6 is 12.4 Å². The highest BCUT2D eigenvalue weighted by atomic mass is 35.5. The second-order valence-electron chi connectivity index (χ2n) is 6.44. The Hall–Kier alpha value is -1.52. The third-order valence-electron chi connectivity index (χ3n) is 5.51. The van der Waals surface area contributed by atoms with Gasteiger partial charge in [-0.1, -0.05) is 18.2 Å². The number of benzene rings is 1. The van der Waals surface area contributed by atoms with E-state index in [1.165, 1.54) is 10.9 Å². The summed E-state index contributed by atoms with van der Waals surface area (Å²) in [6, 6.07) is 8.31. The van der Waals surface area contributed by atoms with Gasteiger partial charge >= 0.3 is 5.97 Å². The van der Waals surface area contributed by atoms with E-state index in [1.54, 1.807) is 0 Å². The van der Waals surface area contributed by atoms with E-state index in [0.717, 1.165) is 43.6 Å². The molecule has 1 aromatic carbocycles. The highest BCUT2D eigenvalue weighted by Crippen LogP contribution is 2.47. The first-order valence-corrected chi connectivity index (χ1v) is 7.70. The van der Waals surface area contributed by atoms with Crippen LogP contribution in [0.15, 0.2) is 24.3 Å². The molecule has 0 spiro atoms. The van der Waals surface area contributed by atoms with Crippen molar-refractivity contribution in [1.82, 2.24) is 9.88 Å². The Labute approximate surface area is 135 Å². The molecule has 5 heteroatoms. The molecule has 1 aromatic heterocycles. The zero-order chi connectivity index (χ0) is 14.6. The number of carbonyl (C=O) groups is 1. The van der Waals surface area contributed by atoms with Crippen LogP contribution in [0.5, 0.6) is 0 Å². The molecule has 0 saturated carbocycles. The maximum absolute atomic E-state index is 11.8. The molecule has 1 fully saturated rings. The van der Waals surface area contributed by atoms with Gasteiger partial charge in [0.1, 0.15) is 0 Å². The number of aromatic amines is 1. The smallest absolute Gasteiger partial charge is 0.308 e. The van der Waals surface area contributed by atoms with Gasteiger partial charge in [0.15, 0.2) is 0 Å². The van der Waals surface area contributed by atoms with Crippen LogP contribution in [0.2, 0.25) is 0 Å². The van der Waals surface area contributed by atoms with Gasteiger partial charge in [0.05, 0.1) is 11.5 Å². The summed E-state index contributed by atoms with van der Waals surface area (Å²) < 4.78 is 0. The van der Waals surface area contributed by atoms with Crippen LogP contribution in [0.25, 0.3) is 10.9 Å². The third-order valence-corrected chi connectivity index (χ3v) is 5.51. The Morgan fingerprint density at radius 1 is 1.36 bits per heavy atom. The van der Waals surface area contributed by atoms with Gasteiger partial charge in [0.2, 0.25) is 0 Å². The van der Waals surface area contributed by atoms with Crippen molar-refractivity contribution in [3.63, 3.8) is 0 Å². The maximum atomic E-state index is 11.8. The molecule has 4 rings (SSSR count). The summed E-state index contributed by atoms with van der Waals surface area (Å²) in [5.74, 6) is -1.01. The Balaban J connectivity index is 0.00000144. The number of H-pyrrole nitrogens is 1. The highest BCUT2D eigenvalue weighted by molar-refractivity contribution is 5.86. The highest BCUT2D eigenvalue weighted by Gasteiger charge is 2.51. The summed E-state index contributed by atoms with van der Waals surface area (Å²) >= 11 is 0. The van der Waals surface area contributed by atoms with Gasteiger partial charge in [-0.05, 0) is 44.4 Å². The van der Waals surface area contributed by atoms with E-state index in [0.29, 0.717) is 0 Å². The zero-order valence-electron chi connectivity index (χ0n) is 12.6. The molecular weight excluding hydrogens is 300 g/mol. The maximum Gasteiger partial charge on any atom is 0.308 e. The van der Waals surface area contributed by atoms with Gasteiger partial charge in [-0.3, -0.25) is 9.69 Å². The first-order chi connectivity index (χ1) is 10.1. The average Bonchev–Trinajstić information content (AvgIpc) is 2.86. The molecule has 22 heavy (non-hydrogen) atoms. The van der Waals surface area contributed by atoms with Crippen molar-refractivity contribution in [3.8, 4) is 0 Å². The number of nitrogens with one attached hydrogen (secondary N) is 1. The molecule has 2 aliphatic heterocycles. The summed E-state index contributed by atoms with van der Waals surface area (Å²) in [4.78, 5) is 17.7. The fourth-order valence-electron chi connectivity index (χ4n) is 4.40. The van der Waals surface area contributed by atoms with Crippen LogP contribution in [0.3, 0.4) is 0 Å². The third kappa shape index (κ3) is 1.90. The summed E-state index contributed by atoms with van der Waals surface area (Å²) in [6.45, 7) is 4.06. The summed E-state index contributed by atoms with van der Waals surface area (Å²) in [5, 5.41) is 11.0. The zero-order valence-corrected chi connectivity index (χ0v) is 13.4. The van der Waals surface area contributed by atoms with Crippen molar-refractivity contribution < 1.29 is 9.90 Å². The van der Waals surface area contributed by atoms with Crippen molar-refractivity contribution in [1.29, 1.82) is 0 Å². The number of rotatable bonds is 1. The lowest BCUT2D eigenvalue weighted by molar-refractivity contribution is -0.152. The number of fused-ring (bicyclic) bond motifs is 5. The quantitative estimate of drug-likeness (QED) is 0.848. The van der Waals surface area contributed by atoms with E-state index >= 15 is 0 Å². The predicted molar refractivity (Wildman–Crippen MR) is 88.5 cm³/mol. The lowest BCUT2D eigenvalue weighted by Gasteiger charge is -2.51. The molecule has 2 aromatic rings. The lowest BCUT2D eigenvalue weighted by Crippen LogP contribution is -2.58. The first-order valence-electron chi connectivity index (χ1n) is 7.70.